The molecule has 0 atom stereocenters. The summed E-state index contributed by atoms with van der Waals surface area (Å²) in [6.45, 7) is 10.7. The van der Waals surface area contributed by atoms with Crippen LogP contribution in [0.5, 0.6) is 11.5 Å². The van der Waals surface area contributed by atoms with Crippen LogP contribution in [0.1, 0.15) is 45.7 Å². The van der Waals surface area contributed by atoms with Crippen molar-refractivity contribution in [2.75, 3.05) is 13.2 Å². The van der Waals surface area contributed by atoms with E-state index in [-0.39, 0.29) is 47.2 Å². The Bertz CT molecular complexity index is 1370. The van der Waals surface area contributed by atoms with E-state index in [4.69, 9.17) is 14.9 Å². The minimum Gasteiger partial charge on any atom is -0.490 e. The summed E-state index contributed by atoms with van der Waals surface area (Å²) >= 11 is 1.25. The zero-order valence-corrected chi connectivity index (χ0v) is 22.7. The number of aliphatic imine (C=N–C) groups is 1. The summed E-state index contributed by atoms with van der Waals surface area (Å²) in [7, 11) is 0. The topological polar surface area (TPSA) is 130 Å². The Kier molecular flexibility index (Phi) is 7.68. The van der Waals surface area contributed by atoms with Crippen molar-refractivity contribution < 1.29 is 19.2 Å². The van der Waals surface area contributed by atoms with Crippen LogP contribution in [0, 0.1) is 21.4 Å². The predicted octanol–water partition coefficient (Wildman–Crippen LogP) is 5.63. The van der Waals surface area contributed by atoms with Crippen molar-refractivity contribution in [3.8, 4) is 11.5 Å². The van der Waals surface area contributed by atoms with E-state index in [2.05, 4.69) is 30.9 Å². The van der Waals surface area contributed by atoms with Crippen molar-refractivity contribution in [3.05, 3.63) is 69.3 Å². The van der Waals surface area contributed by atoms with Gasteiger partial charge in [0.2, 0.25) is 5.17 Å². The first kappa shape index (κ1) is 27.1. The molecule has 2 aliphatic heterocycles. The number of carbonyl (C=O) groups excluding carboxylic acids is 1. The molecule has 0 aliphatic carbocycles. The summed E-state index contributed by atoms with van der Waals surface area (Å²) in [4.78, 5) is 27.7. The standard InChI is InChI=1S/C27H29N5O5S/c1-16(2)25-30-31-23(28)21(24(33)29-26(31)38-25)15-17-14-19(32(34)35)8-11-22(17)37-13-12-36-20-9-6-18(7-10-20)27(3,4)5/h6-11,14-16,28H,12-13H2,1-5H3. The van der Waals surface area contributed by atoms with Crippen LogP contribution < -0.4 is 9.47 Å². The number of hydrogen-bond acceptors (Lipinski definition) is 8. The van der Waals surface area contributed by atoms with Crippen LogP contribution in [0.25, 0.3) is 6.08 Å². The van der Waals surface area contributed by atoms with E-state index in [1.165, 1.54) is 46.6 Å². The lowest BCUT2D eigenvalue weighted by Crippen LogP contribution is -2.35. The lowest BCUT2D eigenvalue weighted by molar-refractivity contribution is -0.384. The van der Waals surface area contributed by atoms with Gasteiger partial charge in [0.1, 0.15) is 29.8 Å². The Morgan fingerprint density at radius 2 is 1.82 bits per heavy atom. The summed E-state index contributed by atoms with van der Waals surface area (Å²) in [6.07, 6.45) is 1.38. The number of thioether (sulfide) groups is 1. The highest BCUT2D eigenvalue weighted by molar-refractivity contribution is 8.27. The molecule has 10 nitrogen and oxygen atoms in total. The van der Waals surface area contributed by atoms with Crippen molar-refractivity contribution in [2.45, 2.75) is 40.0 Å². The van der Waals surface area contributed by atoms with Gasteiger partial charge in [-0.2, -0.15) is 15.1 Å². The van der Waals surface area contributed by atoms with Crippen LogP contribution in [0.15, 0.2) is 58.1 Å². The molecule has 0 unspecified atom stereocenters. The summed E-state index contributed by atoms with van der Waals surface area (Å²) in [5, 5.41) is 26.7. The largest absolute Gasteiger partial charge is 0.490 e. The second kappa shape index (κ2) is 10.8. The number of hydrogen-bond donors (Lipinski definition) is 1. The van der Waals surface area contributed by atoms with Crippen LogP contribution in [0.2, 0.25) is 0 Å². The summed E-state index contributed by atoms with van der Waals surface area (Å²) in [5.41, 5.74) is 1.31. The van der Waals surface area contributed by atoms with E-state index in [0.29, 0.717) is 16.7 Å². The molecule has 198 valence electrons. The number of carbonyl (C=O) groups is 1. The summed E-state index contributed by atoms with van der Waals surface area (Å²) in [6, 6.07) is 11.9. The Labute approximate surface area is 225 Å². The molecule has 2 aromatic carbocycles. The molecule has 4 rings (SSSR count). The molecule has 0 fully saturated rings. The van der Waals surface area contributed by atoms with Gasteiger partial charge in [-0.15, -0.1) is 0 Å². The first-order valence-corrected chi connectivity index (χ1v) is 12.9. The second-order valence-electron chi connectivity index (χ2n) is 10.1. The maximum atomic E-state index is 12.8. The summed E-state index contributed by atoms with van der Waals surface area (Å²) in [5.74, 6) is 0.356. The minimum atomic E-state index is -0.617. The van der Waals surface area contributed by atoms with E-state index < -0.39 is 10.8 Å². The molecule has 11 heteroatoms. The number of hydrazone groups is 1. The van der Waals surface area contributed by atoms with Gasteiger partial charge in [-0.25, -0.2) is 0 Å². The van der Waals surface area contributed by atoms with Gasteiger partial charge in [0.25, 0.3) is 11.6 Å². The van der Waals surface area contributed by atoms with Gasteiger partial charge >= 0.3 is 0 Å². The van der Waals surface area contributed by atoms with Crippen molar-refractivity contribution in [3.63, 3.8) is 0 Å². The molecule has 1 amide bonds. The van der Waals surface area contributed by atoms with E-state index >= 15 is 0 Å². The Morgan fingerprint density at radius 3 is 2.45 bits per heavy atom. The number of non-ortho nitro benzene ring substituents is 1. The number of benzene rings is 2. The van der Waals surface area contributed by atoms with Gasteiger partial charge in [-0.05, 0) is 47.0 Å². The molecule has 0 saturated carbocycles. The molecule has 0 radical (unpaired) electrons. The lowest BCUT2D eigenvalue weighted by Gasteiger charge is -2.20. The molecule has 0 spiro atoms. The molecular weight excluding hydrogens is 506 g/mol. The normalized spacial score (nSPS) is 16.5. The fourth-order valence-corrected chi connectivity index (χ4v) is 4.54. The highest BCUT2D eigenvalue weighted by Gasteiger charge is 2.36. The smallest absolute Gasteiger partial charge is 0.283 e. The van der Waals surface area contributed by atoms with Gasteiger partial charge in [0.15, 0.2) is 5.84 Å². The number of nitro benzene ring substituents is 1. The van der Waals surface area contributed by atoms with E-state index in [0.717, 1.165) is 5.04 Å². The fourth-order valence-electron chi connectivity index (χ4n) is 3.65. The molecule has 2 heterocycles. The first-order chi connectivity index (χ1) is 17.9. The third kappa shape index (κ3) is 5.94. The minimum absolute atomic E-state index is 0.0383. The molecule has 0 bridgehead atoms. The highest BCUT2D eigenvalue weighted by atomic mass is 32.2. The van der Waals surface area contributed by atoms with Crippen LogP contribution >= 0.6 is 11.8 Å². The van der Waals surface area contributed by atoms with Crippen LogP contribution in [-0.2, 0) is 10.2 Å². The van der Waals surface area contributed by atoms with Gasteiger partial charge in [0.05, 0.1) is 10.5 Å². The SMILES string of the molecule is CC(C)C1=NN2C(=N)C(=Cc3cc([N+](=O)[O-])ccc3OCCOc3ccc(C(C)(C)C)cc3)C(=O)N=C2S1. The van der Waals surface area contributed by atoms with Crippen LogP contribution in [0.3, 0.4) is 0 Å². The molecule has 0 saturated heterocycles. The Hall–Kier alpha value is -3.99. The Morgan fingerprint density at radius 1 is 1.13 bits per heavy atom. The number of nitrogens with one attached hydrogen (secondary N) is 1. The number of fused-ring (bicyclic) bond motifs is 1. The molecule has 1 N–H and O–H groups in total. The van der Waals surface area contributed by atoms with Gasteiger partial charge in [-0.3, -0.25) is 20.3 Å². The monoisotopic (exact) mass is 535 g/mol. The number of nitro groups is 1. The summed E-state index contributed by atoms with van der Waals surface area (Å²) < 4.78 is 11.6. The maximum absolute atomic E-state index is 12.8. The lowest BCUT2D eigenvalue weighted by atomic mass is 9.87. The first-order valence-electron chi connectivity index (χ1n) is 12.1. The molecule has 2 aliphatic rings. The third-order valence-corrected chi connectivity index (χ3v) is 7.01. The number of amides is 1. The van der Waals surface area contributed by atoms with Crippen molar-refractivity contribution in [1.29, 1.82) is 5.41 Å². The highest BCUT2D eigenvalue weighted by Crippen LogP contribution is 2.33. The molecular formula is C27H29N5O5S. The zero-order valence-electron chi connectivity index (χ0n) is 21.8. The third-order valence-electron chi connectivity index (χ3n) is 5.80. The predicted molar refractivity (Wildman–Crippen MR) is 149 cm³/mol. The Balaban J connectivity index is 1.51. The average molecular weight is 536 g/mol. The number of amidine groups is 2. The zero-order chi connectivity index (χ0) is 27.6. The van der Waals surface area contributed by atoms with E-state index in [1.54, 1.807) is 0 Å². The number of ether oxygens (including phenoxy) is 2. The van der Waals surface area contributed by atoms with E-state index in [9.17, 15) is 14.9 Å². The van der Waals surface area contributed by atoms with Gasteiger partial charge in [-0.1, -0.05) is 46.8 Å². The second-order valence-corrected chi connectivity index (χ2v) is 11.1. The number of rotatable bonds is 8. The van der Waals surface area contributed by atoms with Gasteiger partial charge in [0, 0.05) is 23.6 Å². The number of nitrogens with zero attached hydrogens (tertiary/aromatic N) is 4. The van der Waals surface area contributed by atoms with Crippen LogP contribution in [-0.4, -0.2) is 45.1 Å². The molecule has 0 aromatic heterocycles. The molecule has 2 aromatic rings. The maximum Gasteiger partial charge on any atom is 0.283 e. The van der Waals surface area contributed by atoms with Crippen LogP contribution in [0.4, 0.5) is 5.69 Å². The quantitative estimate of drug-likeness (QED) is 0.201. The van der Waals surface area contributed by atoms with Gasteiger partial charge < -0.3 is 9.47 Å². The average Bonchev–Trinajstić information content (AvgIpc) is 3.29. The molecule has 38 heavy (non-hydrogen) atoms. The fraction of sp³-hybridized carbons (Fsp3) is 0.333. The van der Waals surface area contributed by atoms with Crippen molar-refractivity contribution >= 4 is 45.5 Å². The van der Waals surface area contributed by atoms with Crippen molar-refractivity contribution in [1.82, 2.24) is 5.01 Å². The van der Waals surface area contributed by atoms with Crippen molar-refractivity contribution in [2.24, 2.45) is 16.0 Å². The van der Waals surface area contributed by atoms with E-state index in [1.807, 2.05) is 38.1 Å².